The average molecular weight is 293 g/mol. The van der Waals surface area contributed by atoms with E-state index < -0.39 is 10.0 Å². The highest BCUT2D eigenvalue weighted by molar-refractivity contribution is 7.92. The van der Waals surface area contributed by atoms with Crippen molar-refractivity contribution < 1.29 is 8.42 Å². The van der Waals surface area contributed by atoms with Gasteiger partial charge in [-0.15, -0.1) is 0 Å². The second kappa shape index (κ2) is 4.94. The number of anilines is 1. The summed E-state index contributed by atoms with van der Waals surface area (Å²) in [5.41, 5.74) is 1.37. The number of sulfonamides is 1. The van der Waals surface area contributed by atoms with Crippen LogP contribution in [0.4, 0.5) is 5.82 Å². The molecule has 20 heavy (non-hydrogen) atoms. The van der Waals surface area contributed by atoms with Crippen LogP contribution in [0, 0.1) is 0 Å². The third-order valence-electron chi connectivity index (χ3n) is 2.70. The molecule has 0 atom stereocenters. The zero-order valence-corrected chi connectivity index (χ0v) is 12.9. The minimum absolute atomic E-state index is 0.319. The molecule has 0 unspecified atom stereocenters. The fraction of sp³-hybridized carbons (Fsp3) is 0.357. The fourth-order valence-electron chi connectivity index (χ4n) is 1.91. The minimum atomic E-state index is -3.34. The molecule has 1 heterocycles. The van der Waals surface area contributed by atoms with Crippen LogP contribution in [-0.2, 0) is 15.6 Å². The second-order valence-electron chi connectivity index (χ2n) is 5.74. The lowest BCUT2D eigenvalue weighted by Crippen LogP contribution is -2.26. The molecule has 0 saturated heterocycles. The summed E-state index contributed by atoms with van der Waals surface area (Å²) >= 11 is 0. The van der Waals surface area contributed by atoms with Crippen LogP contribution in [0.1, 0.15) is 20.8 Å². The van der Waals surface area contributed by atoms with Crippen molar-refractivity contribution in [2.24, 2.45) is 0 Å². The monoisotopic (exact) mass is 293 g/mol. The third kappa shape index (κ3) is 3.39. The molecule has 1 N–H and O–H groups in total. The average Bonchev–Trinajstić information content (AvgIpc) is 2.71. The molecule has 1 aromatic heterocycles. The van der Waals surface area contributed by atoms with E-state index in [1.54, 1.807) is 10.7 Å². The molecule has 0 spiro atoms. The first-order chi connectivity index (χ1) is 9.17. The van der Waals surface area contributed by atoms with Crippen molar-refractivity contribution in [3.8, 4) is 11.3 Å². The molecule has 6 heteroatoms. The quantitative estimate of drug-likeness (QED) is 0.946. The van der Waals surface area contributed by atoms with Crippen molar-refractivity contribution in [2.75, 3.05) is 11.0 Å². The number of rotatable bonds is 3. The van der Waals surface area contributed by atoms with Gasteiger partial charge in [0.2, 0.25) is 10.0 Å². The van der Waals surface area contributed by atoms with Gasteiger partial charge in [-0.05, 0) is 20.8 Å². The Hall–Kier alpha value is -1.82. The molecular weight excluding hydrogens is 274 g/mol. The predicted molar refractivity (Wildman–Crippen MR) is 81.1 cm³/mol. The molecule has 0 bridgehead atoms. The van der Waals surface area contributed by atoms with E-state index in [0.717, 1.165) is 17.5 Å². The van der Waals surface area contributed by atoms with Crippen LogP contribution in [0.2, 0.25) is 0 Å². The molecule has 0 amide bonds. The Bertz CT molecular complexity index is 698. The Morgan fingerprint density at radius 3 is 2.25 bits per heavy atom. The van der Waals surface area contributed by atoms with Crippen molar-refractivity contribution >= 4 is 15.8 Å². The van der Waals surface area contributed by atoms with Crippen LogP contribution in [-0.4, -0.2) is 24.5 Å². The summed E-state index contributed by atoms with van der Waals surface area (Å²) in [6.45, 7) is 5.92. The lowest BCUT2D eigenvalue weighted by Gasteiger charge is -2.22. The second-order valence-corrected chi connectivity index (χ2v) is 7.49. The molecule has 0 aliphatic carbocycles. The van der Waals surface area contributed by atoms with Gasteiger partial charge < -0.3 is 0 Å². The van der Waals surface area contributed by atoms with Crippen molar-refractivity contribution in [3.63, 3.8) is 0 Å². The molecule has 1 aromatic carbocycles. The van der Waals surface area contributed by atoms with E-state index in [4.69, 9.17) is 0 Å². The van der Waals surface area contributed by atoms with Crippen molar-refractivity contribution in [1.29, 1.82) is 0 Å². The summed E-state index contributed by atoms with van der Waals surface area (Å²) in [5.74, 6) is 0.471. The molecule has 0 radical (unpaired) electrons. The van der Waals surface area contributed by atoms with E-state index >= 15 is 0 Å². The van der Waals surface area contributed by atoms with E-state index in [1.807, 2.05) is 51.1 Å². The number of hydrogen-bond acceptors (Lipinski definition) is 3. The Morgan fingerprint density at radius 2 is 1.75 bits per heavy atom. The van der Waals surface area contributed by atoms with E-state index in [9.17, 15) is 8.42 Å². The van der Waals surface area contributed by atoms with Gasteiger partial charge >= 0.3 is 0 Å². The van der Waals surface area contributed by atoms with Gasteiger partial charge in [-0.1, -0.05) is 30.3 Å². The lowest BCUT2D eigenvalue weighted by molar-refractivity contribution is 0.362. The van der Waals surface area contributed by atoms with Crippen LogP contribution in [0.3, 0.4) is 0 Å². The summed E-state index contributed by atoms with van der Waals surface area (Å²) in [4.78, 5) is 0. The highest BCUT2D eigenvalue weighted by atomic mass is 32.2. The number of benzene rings is 1. The van der Waals surface area contributed by atoms with Crippen LogP contribution < -0.4 is 4.72 Å². The molecular formula is C14H19N3O2S. The minimum Gasteiger partial charge on any atom is -0.268 e. The third-order valence-corrected chi connectivity index (χ3v) is 3.28. The maximum absolute atomic E-state index is 11.5. The van der Waals surface area contributed by atoms with E-state index in [0.29, 0.717) is 5.82 Å². The standard InChI is InChI=1S/C14H19N3O2S/c1-14(2,3)17-13(16-20(4,18)19)10-12(15-17)11-8-6-5-7-9-11/h5-10,16H,1-4H3. The Kier molecular flexibility index (Phi) is 3.60. The summed E-state index contributed by atoms with van der Waals surface area (Å²) in [6.07, 6.45) is 1.13. The normalized spacial score (nSPS) is 12.4. The first-order valence-corrected chi connectivity index (χ1v) is 8.20. The molecule has 0 aliphatic heterocycles. The maximum Gasteiger partial charge on any atom is 0.230 e. The van der Waals surface area contributed by atoms with Gasteiger partial charge in [0.05, 0.1) is 17.5 Å². The summed E-state index contributed by atoms with van der Waals surface area (Å²) in [5, 5.41) is 4.53. The van der Waals surface area contributed by atoms with Crippen molar-refractivity contribution in [1.82, 2.24) is 9.78 Å². The molecule has 2 aromatic rings. The smallest absolute Gasteiger partial charge is 0.230 e. The van der Waals surface area contributed by atoms with Crippen LogP contribution in [0.5, 0.6) is 0 Å². The fourth-order valence-corrected chi connectivity index (χ4v) is 2.43. The molecule has 108 valence electrons. The number of nitrogens with zero attached hydrogens (tertiary/aromatic N) is 2. The van der Waals surface area contributed by atoms with Gasteiger partial charge in [0.1, 0.15) is 5.82 Å². The van der Waals surface area contributed by atoms with Gasteiger partial charge in [-0.25, -0.2) is 13.1 Å². The SMILES string of the molecule is CC(C)(C)n1nc(-c2ccccc2)cc1NS(C)(=O)=O. The van der Waals surface area contributed by atoms with Crippen LogP contribution >= 0.6 is 0 Å². The first kappa shape index (κ1) is 14.6. The van der Waals surface area contributed by atoms with E-state index in [-0.39, 0.29) is 5.54 Å². The maximum atomic E-state index is 11.5. The molecule has 0 aliphatic rings. The summed E-state index contributed by atoms with van der Waals surface area (Å²) in [6, 6.07) is 11.4. The number of aromatic nitrogens is 2. The first-order valence-electron chi connectivity index (χ1n) is 6.30. The largest absolute Gasteiger partial charge is 0.268 e. The highest BCUT2D eigenvalue weighted by Gasteiger charge is 2.21. The predicted octanol–water partition coefficient (Wildman–Crippen LogP) is 2.68. The van der Waals surface area contributed by atoms with Crippen molar-refractivity contribution in [2.45, 2.75) is 26.3 Å². The highest BCUT2D eigenvalue weighted by Crippen LogP contribution is 2.27. The summed E-state index contributed by atoms with van der Waals surface area (Å²) in [7, 11) is -3.34. The molecule has 0 fully saturated rings. The lowest BCUT2D eigenvalue weighted by atomic mass is 10.1. The van der Waals surface area contributed by atoms with Crippen LogP contribution in [0.25, 0.3) is 11.3 Å². The van der Waals surface area contributed by atoms with Gasteiger partial charge in [-0.2, -0.15) is 5.10 Å². The van der Waals surface area contributed by atoms with E-state index in [2.05, 4.69) is 9.82 Å². The van der Waals surface area contributed by atoms with E-state index in [1.165, 1.54) is 0 Å². The Morgan fingerprint density at radius 1 is 1.15 bits per heavy atom. The number of nitrogens with one attached hydrogen (secondary N) is 1. The van der Waals surface area contributed by atoms with Gasteiger partial charge in [-0.3, -0.25) is 4.72 Å². The Labute approximate surface area is 119 Å². The summed E-state index contributed by atoms with van der Waals surface area (Å²) < 4.78 is 27.2. The van der Waals surface area contributed by atoms with Gasteiger partial charge in [0.15, 0.2) is 0 Å². The molecule has 0 saturated carbocycles. The molecule has 5 nitrogen and oxygen atoms in total. The van der Waals surface area contributed by atoms with Crippen molar-refractivity contribution in [3.05, 3.63) is 36.4 Å². The topological polar surface area (TPSA) is 64.0 Å². The van der Waals surface area contributed by atoms with Gasteiger partial charge in [0.25, 0.3) is 0 Å². The number of hydrogen-bond donors (Lipinski definition) is 1. The molecule has 2 rings (SSSR count). The van der Waals surface area contributed by atoms with Gasteiger partial charge in [0, 0.05) is 11.6 Å². The van der Waals surface area contributed by atoms with Crippen LogP contribution in [0.15, 0.2) is 36.4 Å². The Balaban J connectivity index is 2.53. The zero-order valence-electron chi connectivity index (χ0n) is 12.1. The zero-order chi connectivity index (χ0) is 15.0.